The molecule has 1 aromatic heterocycles. The number of rotatable bonds is 4. The van der Waals surface area contributed by atoms with Crippen LogP contribution in [0.4, 0.5) is 5.69 Å². The molecule has 1 heterocycles. The van der Waals surface area contributed by atoms with Gasteiger partial charge in [0.2, 0.25) is 0 Å². The molecular weight excluding hydrogens is 330 g/mol. The molecule has 0 spiro atoms. The molecule has 0 aliphatic heterocycles. The maximum absolute atomic E-state index is 12.5. The van der Waals surface area contributed by atoms with E-state index in [1.807, 2.05) is 0 Å². The molecule has 0 bridgehead atoms. The lowest BCUT2D eigenvalue weighted by Crippen LogP contribution is -2.16. The van der Waals surface area contributed by atoms with Crippen LogP contribution in [-0.2, 0) is 9.84 Å². The number of anilines is 1. The van der Waals surface area contributed by atoms with E-state index in [0.717, 1.165) is 6.26 Å². The maximum atomic E-state index is 12.5. The van der Waals surface area contributed by atoms with Gasteiger partial charge in [0.1, 0.15) is 6.33 Å². The summed E-state index contributed by atoms with van der Waals surface area (Å²) < 4.78 is 25.1. The van der Waals surface area contributed by atoms with E-state index in [9.17, 15) is 13.2 Å². The molecule has 0 aliphatic carbocycles. The Hall–Kier alpha value is -3.07. The topological polar surface area (TPSA) is 107 Å². The Morgan fingerprint density at radius 2 is 1.92 bits per heavy atom. The van der Waals surface area contributed by atoms with Crippen molar-refractivity contribution in [1.29, 1.82) is 0 Å². The van der Waals surface area contributed by atoms with Crippen molar-refractivity contribution < 1.29 is 13.2 Å². The molecule has 3 rings (SSSR count). The fraction of sp³-hybridized carbons (Fsp3) is 0.0667. The second-order valence-electron chi connectivity index (χ2n) is 5.03. The molecule has 2 aromatic carbocycles. The van der Waals surface area contributed by atoms with E-state index in [1.54, 1.807) is 36.4 Å². The minimum absolute atomic E-state index is 0.0147. The monoisotopic (exact) mass is 343 g/mol. The Labute approximate surface area is 138 Å². The van der Waals surface area contributed by atoms with Crippen LogP contribution in [0.1, 0.15) is 10.4 Å². The third kappa shape index (κ3) is 3.30. The zero-order chi connectivity index (χ0) is 17.2. The number of hydrogen-bond acceptors (Lipinski definition) is 6. The van der Waals surface area contributed by atoms with Gasteiger partial charge in [-0.05, 0) is 40.8 Å². The van der Waals surface area contributed by atoms with Crippen LogP contribution in [-0.4, -0.2) is 40.8 Å². The number of carbonyl (C=O) groups is 1. The molecule has 0 saturated carbocycles. The van der Waals surface area contributed by atoms with E-state index in [1.165, 1.54) is 23.1 Å². The summed E-state index contributed by atoms with van der Waals surface area (Å²) in [6, 6.07) is 12.9. The van der Waals surface area contributed by atoms with E-state index < -0.39 is 15.7 Å². The minimum Gasteiger partial charge on any atom is -0.322 e. The summed E-state index contributed by atoms with van der Waals surface area (Å²) in [6.07, 6.45) is 2.50. The van der Waals surface area contributed by atoms with Gasteiger partial charge in [-0.2, -0.15) is 0 Å². The second kappa shape index (κ2) is 6.20. The third-order valence-corrected chi connectivity index (χ3v) is 4.40. The molecule has 0 atom stereocenters. The number of aromatic nitrogens is 4. The van der Waals surface area contributed by atoms with E-state index in [4.69, 9.17) is 0 Å². The summed E-state index contributed by atoms with van der Waals surface area (Å²) in [5, 5.41) is 13.6. The van der Waals surface area contributed by atoms with Gasteiger partial charge in [-0.15, -0.1) is 5.10 Å². The number of nitrogens with zero attached hydrogens (tertiary/aromatic N) is 4. The van der Waals surface area contributed by atoms with Gasteiger partial charge in [0.25, 0.3) is 5.91 Å². The van der Waals surface area contributed by atoms with Gasteiger partial charge in [-0.3, -0.25) is 4.79 Å². The van der Waals surface area contributed by atoms with Crippen LogP contribution in [0.15, 0.2) is 59.8 Å². The minimum atomic E-state index is -3.51. The smallest absolute Gasteiger partial charge is 0.256 e. The molecule has 3 aromatic rings. The van der Waals surface area contributed by atoms with E-state index in [2.05, 4.69) is 20.8 Å². The first-order chi connectivity index (χ1) is 11.4. The molecule has 8 nitrogen and oxygen atoms in total. The fourth-order valence-electron chi connectivity index (χ4n) is 2.18. The summed E-state index contributed by atoms with van der Waals surface area (Å²) in [4.78, 5) is 12.4. The van der Waals surface area contributed by atoms with E-state index in [0.29, 0.717) is 11.4 Å². The highest BCUT2D eigenvalue weighted by Gasteiger charge is 2.18. The summed E-state index contributed by atoms with van der Waals surface area (Å²) >= 11 is 0. The third-order valence-electron chi connectivity index (χ3n) is 3.25. The van der Waals surface area contributed by atoms with Crippen molar-refractivity contribution in [3.8, 4) is 5.69 Å². The van der Waals surface area contributed by atoms with Crippen molar-refractivity contribution in [3.05, 3.63) is 60.4 Å². The first-order valence-electron chi connectivity index (χ1n) is 6.89. The fourth-order valence-corrected chi connectivity index (χ4v) is 3.07. The van der Waals surface area contributed by atoms with Gasteiger partial charge in [0.05, 0.1) is 16.1 Å². The Morgan fingerprint density at radius 1 is 1.12 bits per heavy atom. The Morgan fingerprint density at radius 3 is 2.62 bits per heavy atom. The molecule has 24 heavy (non-hydrogen) atoms. The largest absolute Gasteiger partial charge is 0.322 e. The van der Waals surface area contributed by atoms with Gasteiger partial charge in [0.15, 0.2) is 9.84 Å². The molecule has 0 radical (unpaired) electrons. The highest BCUT2D eigenvalue weighted by molar-refractivity contribution is 7.90. The molecule has 0 saturated heterocycles. The van der Waals surface area contributed by atoms with Gasteiger partial charge in [-0.25, -0.2) is 13.1 Å². The number of nitrogens with one attached hydrogen (secondary N) is 1. The number of hydrogen-bond donors (Lipinski definition) is 1. The van der Waals surface area contributed by atoms with Crippen LogP contribution < -0.4 is 5.32 Å². The number of carbonyl (C=O) groups excluding carboxylic acids is 1. The number of sulfone groups is 1. The van der Waals surface area contributed by atoms with Crippen molar-refractivity contribution >= 4 is 21.4 Å². The number of amides is 1. The van der Waals surface area contributed by atoms with Crippen molar-refractivity contribution in [2.24, 2.45) is 0 Å². The van der Waals surface area contributed by atoms with Crippen molar-refractivity contribution in [2.75, 3.05) is 11.6 Å². The molecule has 1 N–H and O–H groups in total. The van der Waals surface area contributed by atoms with Gasteiger partial charge >= 0.3 is 0 Å². The predicted molar refractivity (Wildman–Crippen MR) is 86.7 cm³/mol. The van der Waals surface area contributed by atoms with Crippen LogP contribution in [0.25, 0.3) is 5.69 Å². The molecule has 0 aliphatic rings. The average Bonchev–Trinajstić information content (AvgIpc) is 3.09. The van der Waals surface area contributed by atoms with Gasteiger partial charge in [-0.1, -0.05) is 18.2 Å². The molecular formula is C15H13N5O3S. The zero-order valence-corrected chi connectivity index (χ0v) is 13.4. The van der Waals surface area contributed by atoms with Crippen LogP contribution in [0.5, 0.6) is 0 Å². The van der Waals surface area contributed by atoms with E-state index in [-0.39, 0.29) is 10.5 Å². The standard InChI is InChI=1S/C15H13N5O3S/c1-24(22,23)14-8-3-2-7-13(14)15(21)17-11-5-4-6-12(9-11)20-10-16-18-19-20/h2-10H,1H3,(H,17,21). The summed E-state index contributed by atoms with van der Waals surface area (Å²) in [5.74, 6) is -0.509. The SMILES string of the molecule is CS(=O)(=O)c1ccccc1C(=O)Nc1cccc(-n2cnnn2)c1. The van der Waals surface area contributed by atoms with Crippen molar-refractivity contribution in [1.82, 2.24) is 20.2 Å². The zero-order valence-electron chi connectivity index (χ0n) is 12.6. The molecule has 1 amide bonds. The Balaban J connectivity index is 1.90. The first-order valence-corrected chi connectivity index (χ1v) is 8.78. The predicted octanol–water partition coefficient (Wildman–Crippen LogP) is 1.32. The van der Waals surface area contributed by atoms with Crippen LogP contribution >= 0.6 is 0 Å². The summed E-state index contributed by atoms with van der Waals surface area (Å²) in [5.41, 5.74) is 1.25. The first kappa shape index (κ1) is 15.8. The lowest BCUT2D eigenvalue weighted by Gasteiger charge is -2.10. The summed E-state index contributed by atoms with van der Waals surface area (Å²) in [6.45, 7) is 0. The Bertz CT molecular complexity index is 984. The number of benzene rings is 2. The quantitative estimate of drug-likeness (QED) is 0.765. The van der Waals surface area contributed by atoms with E-state index >= 15 is 0 Å². The molecule has 0 fully saturated rings. The highest BCUT2D eigenvalue weighted by atomic mass is 32.2. The maximum Gasteiger partial charge on any atom is 0.256 e. The van der Waals surface area contributed by atoms with Crippen LogP contribution in [0, 0.1) is 0 Å². The van der Waals surface area contributed by atoms with Gasteiger partial charge < -0.3 is 5.32 Å². The highest BCUT2D eigenvalue weighted by Crippen LogP contribution is 2.19. The van der Waals surface area contributed by atoms with Crippen molar-refractivity contribution in [2.45, 2.75) is 4.90 Å². The number of tetrazole rings is 1. The lowest BCUT2D eigenvalue weighted by molar-refractivity contribution is 0.102. The second-order valence-corrected chi connectivity index (χ2v) is 7.01. The van der Waals surface area contributed by atoms with Crippen LogP contribution in [0.2, 0.25) is 0 Å². The summed E-state index contributed by atoms with van der Waals surface area (Å²) in [7, 11) is -3.51. The molecule has 9 heteroatoms. The normalized spacial score (nSPS) is 11.2. The molecule has 122 valence electrons. The van der Waals surface area contributed by atoms with Crippen LogP contribution in [0.3, 0.4) is 0 Å². The van der Waals surface area contributed by atoms with Crippen molar-refractivity contribution in [3.63, 3.8) is 0 Å². The van der Waals surface area contributed by atoms with Gasteiger partial charge in [0, 0.05) is 11.9 Å². The average molecular weight is 343 g/mol. The molecule has 0 unspecified atom stereocenters. The Kier molecular flexibility index (Phi) is 4.09. The lowest BCUT2D eigenvalue weighted by atomic mass is 10.2.